The highest BCUT2D eigenvalue weighted by atomic mass is 32.2. The molecule has 9 heteroatoms. The summed E-state index contributed by atoms with van der Waals surface area (Å²) in [5.74, 6) is 1.36. The summed E-state index contributed by atoms with van der Waals surface area (Å²) in [7, 11) is 0. The van der Waals surface area contributed by atoms with E-state index in [1.54, 1.807) is 30.6 Å². The SMILES string of the molecule is O=C(Nc1cc(F)cc(F)c1)Nc1cccc(-c2nccnc2N2CCSCC2)c1. The zero-order valence-electron chi connectivity index (χ0n) is 15.9. The quantitative estimate of drug-likeness (QED) is 0.636. The van der Waals surface area contributed by atoms with E-state index < -0.39 is 17.7 Å². The van der Waals surface area contributed by atoms with E-state index in [9.17, 15) is 13.6 Å². The maximum absolute atomic E-state index is 13.3. The van der Waals surface area contributed by atoms with E-state index in [-0.39, 0.29) is 5.69 Å². The Morgan fingerprint density at radius 3 is 2.40 bits per heavy atom. The van der Waals surface area contributed by atoms with E-state index in [2.05, 4.69) is 25.5 Å². The van der Waals surface area contributed by atoms with Gasteiger partial charge in [-0.15, -0.1) is 0 Å². The molecule has 2 amide bonds. The molecule has 0 radical (unpaired) electrons. The molecule has 1 aliphatic rings. The molecule has 6 nitrogen and oxygen atoms in total. The molecule has 3 aromatic rings. The first-order chi connectivity index (χ1) is 14.6. The van der Waals surface area contributed by atoms with Crippen LogP contribution >= 0.6 is 11.8 Å². The summed E-state index contributed by atoms with van der Waals surface area (Å²) < 4.78 is 26.6. The Hall–Kier alpha value is -3.20. The van der Waals surface area contributed by atoms with Gasteiger partial charge in [-0.05, 0) is 24.3 Å². The van der Waals surface area contributed by atoms with Crippen LogP contribution < -0.4 is 15.5 Å². The van der Waals surface area contributed by atoms with Crippen molar-refractivity contribution in [3.8, 4) is 11.3 Å². The minimum Gasteiger partial charge on any atom is -0.353 e. The van der Waals surface area contributed by atoms with Gasteiger partial charge in [0, 0.05) is 60.0 Å². The maximum atomic E-state index is 13.3. The number of urea groups is 1. The Kier molecular flexibility index (Phi) is 6.08. The fourth-order valence-electron chi connectivity index (χ4n) is 3.20. The number of anilines is 3. The first-order valence-electron chi connectivity index (χ1n) is 9.37. The second kappa shape index (κ2) is 9.08. The average Bonchev–Trinajstić information content (AvgIpc) is 2.74. The third-order valence-corrected chi connectivity index (χ3v) is 5.45. The fourth-order valence-corrected chi connectivity index (χ4v) is 4.11. The molecule has 1 aromatic heterocycles. The van der Waals surface area contributed by atoms with Crippen molar-refractivity contribution in [1.82, 2.24) is 9.97 Å². The molecule has 0 unspecified atom stereocenters. The molecule has 30 heavy (non-hydrogen) atoms. The van der Waals surface area contributed by atoms with Gasteiger partial charge in [-0.3, -0.25) is 4.98 Å². The zero-order chi connectivity index (χ0) is 20.9. The minimum absolute atomic E-state index is 0.0281. The van der Waals surface area contributed by atoms with Crippen molar-refractivity contribution < 1.29 is 13.6 Å². The Morgan fingerprint density at radius 2 is 1.63 bits per heavy atom. The van der Waals surface area contributed by atoms with Crippen molar-refractivity contribution in [3.05, 3.63) is 66.5 Å². The lowest BCUT2D eigenvalue weighted by Gasteiger charge is -2.28. The number of amides is 2. The third kappa shape index (κ3) is 4.85. The third-order valence-electron chi connectivity index (χ3n) is 4.50. The van der Waals surface area contributed by atoms with Crippen molar-refractivity contribution in [2.45, 2.75) is 0 Å². The molecule has 0 atom stereocenters. The largest absolute Gasteiger partial charge is 0.353 e. The minimum atomic E-state index is -0.765. The highest BCUT2D eigenvalue weighted by Crippen LogP contribution is 2.30. The van der Waals surface area contributed by atoms with Gasteiger partial charge in [0.15, 0.2) is 5.82 Å². The molecule has 154 valence electrons. The summed E-state index contributed by atoms with van der Waals surface area (Å²) in [5, 5.41) is 5.10. The number of carbonyl (C=O) groups is 1. The molecule has 1 saturated heterocycles. The number of hydrogen-bond acceptors (Lipinski definition) is 5. The smallest absolute Gasteiger partial charge is 0.323 e. The molecule has 2 N–H and O–H groups in total. The summed E-state index contributed by atoms with van der Waals surface area (Å²) in [6, 6.07) is 9.44. The van der Waals surface area contributed by atoms with E-state index in [0.29, 0.717) is 5.69 Å². The van der Waals surface area contributed by atoms with Gasteiger partial charge < -0.3 is 15.5 Å². The number of benzene rings is 2. The van der Waals surface area contributed by atoms with E-state index in [1.807, 2.05) is 17.8 Å². The normalized spacial score (nSPS) is 13.7. The van der Waals surface area contributed by atoms with Crippen LogP contribution in [0.4, 0.5) is 30.8 Å². The molecule has 2 aromatic carbocycles. The number of aromatic nitrogens is 2. The Bertz CT molecular complexity index is 1040. The van der Waals surface area contributed by atoms with Gasteiger partial charge in [-0.1, -0.05) is 12.1 Å². The summed E-state index contributed by atoms with van der Waals surface area (Å²) >= 11 is 1.92. The molecule has 2 heterocycles. The van der Waals surface area contributed by atoms with Gasteiger partial charge in [0.2, 0.25) is 0 Å². The molecule has 0 aliphatic carbocycles. The van der Waals surface area contributed by atoms with Crippen LogP contribution in [0.25, 0.3) is 11.3 Å². The molecule has 4 rings (SSSR count). The van der Waals surface area contributed by atoms with E-state index >= 15 is 0 Å². The van der Waals surface area contributed by atoms with Gasteiger partial charge in [0.05, 0.1) is 0 Å². The average molecular weight is 427 g/mol. The lowest BCUT2D eigenvalue weighted by molar-refractivity contribution is 0.262. The fraction of sp³-hybridized carbons (Fsp3) is 0.190. The van der Waals surface area contributed by atoms with Crippen LogP contribution in [0, 0.1) is 11.6 Å². The first kappa shape index (κ1) is 20.1. The van der Waals surface area contributed by atoms with Gasteiger partial charge in [0.25, 0.3) is 0 Å². The number of halogens is 2. The number of hydrogen-bond donors (Lipinski definition) is 2. The second-order valence-electron chi connectivity index (χ2n) is 6.65. The number of thioether (sulfide) groups is 1. The van der Waals surface area contributed by atoms with Crippen LogP contribution in [0.1, 0.15) is 0 Å². The van der Waals surface area contributed by atoms with Crippen LogP contribution in [0.3, 0.4) is 0 Å². The van der Waals surface area contributed by atoms with Crippen LogP contribution in [-0.4, -0.2) is 40.6 Å². The topological polar surface area (TPSA) is 70.1 Å². The number of nitrogens with zero attached hydrogens (tertiary/aromatic N) is 3. The zero-order valence-corrected chi connectivity index (χ0v) is 16.8. The Balaban J connectivity index is 1.52. The van der Waals surface area contributed by atoms with E-state index in [1.165, 1.54) is 0 Å². The summed E-state index contributed by atoms with van der Waals surface area (Å²) in [6.45, 7) is 1.81. The molecular weight excluding hydrogens is 408 g/mol. The molecule has 0 saturated carbocycles. The lowest BCUT2D eigenvalue weighted by atomic mass is 10.1. The van der Waals surface area contributed by atoms with Gasteiger partial charge in [0.1, 0.15) is 17.3 Å². The van der Waals surface area contributed by atoms with Crippen molar-refractivity contribution in [1.29, 1.82) is 0 Å². The molecule has 0 bridgehead atoms. The van der Waals surface area contributed by atoms with Crippen LogP contribution in [-0.2, 0) is 0 Å². The predicted octanol–water partition coefficient (Wildman–Crippen LogP) is 4.62. The Labute approximate surface area is 176 Å². The van der Waals surface area contributed by atoms with Crippen molar-refractivity contribution >= 4 is 35.0 Å². The Morgan fingerprint density at radius 1 is 0.933 bits per heavy atom. The van der Waals surface area contributed by atoms with E-state index in [0.717, 1.165) is 59.9 Å². The molecule has 1 aliphatic heterocycles. The van der Waals surface area contributed by atoms with Gasteiger partial charge in [-0.25, -0.2) is 18.6 Å². The summed E-state index contributed by atoms with van der Waals surface area (Å²) in [6.07, 6.45) is 3.32. The predicted molar refractivity (Wildman–Crippen MR) is 116 cm³/mol. The van der Waals surface area contributed by atoms with Gasteiger partial charge in [-0.2, -0.15) is 11.8 Å². The second-order valence-corrected chi connectivity index (χ2v) is 7.87. The molecule has 1 fully saturated rings. The molecule has 0 spiro atoms. The number of nitrogens with one attached hydrogen (secondary N) is 2. The molecular formula is C21H19F2N5OS. The lowest BCUT2D eigenvalue weighted by Crippen LogP contribution is -2.33. The summed E-state index contributed by atoms with van der Waals surface area (Å²) in [5.41, 5.74) is 2.10. The highest BCUT2D eigenvalue weighted by Gasteiger charge is 2.18. The van der Waals surface area contributed by atoms with E-state index in [4.69, 9.17) is 0 Å². The monoisotopic (exact) mass is 427 g/mol. The van der Waals surface area contributed by atoms with Crippen LogP contribution in [0.5, 0.6) is 0 Å². The van der Waals surface area contributed by atoms with Crippen molar-refractivity contribution in [3.63, 3.8) is 0 Å². The standard InChI is InChI=1S/C21H19F2N5OS/c22-15-11-16(23)13-18(12-15)27-21(29)26-17-3-1-2-14(10-17)19-20(25-5-4-24-19)28-6-8-30-9-7-28/h1-5,10-13H,6-9H2,(H2,26,27,29). The summed E-state index contributed by atoms with van der Waals surface area (Å²) in [4.78, 5) is 23.5. The highest BCUT2D eigenvalue weighted by molar-refractivity contribution is 7.99. The number of rotatable bonds is 4. The van der Waals surface area contributed by atoms with Crippen LogP contribution in [0.2, 0.25) is 0 Å². The number of carbonyl (C=O) groups excluding carboxylic acids is 1. The van der Waals surface area contributed by atoms with Crippen LogP contribution in [0.15, 0.2) is 54.9 Å². The van der Waals surface area contributed by atoms with Crippen molar-refractivity contribution in [2.75, 3.05) is 40.1 Å². The maximum Gasteiger partial charge on any atom is 0.323 e. The van der Waals surface area contributed by atoms with Gasteiger partial charge >= 0.3 is 6.03 Å². The first-order valence-corrected chi connectivity index (χ1v) is 10.5. The van der Waals surface area contributed by atoms with Crippen molar-refractivity contribution in [2.24, 2.45) is 0 Å².